The van der Waals surface area contributed by atoms with Crippen LogP contribution in [-0.2, 0) is 12.8 Å². The third kappa shape index (κ3) is 2.62. The summed E-state index contributed by atoms with van der Waals surface area (Å²) in [7, 11) is 0. The highest BCUT2D eigenvalue weighted by atomic mass is 16.2. The molecule has 1 saturated heterocycles. The quantitative estimate of drug-likeness (QED) is 0.731. The van der Waals surface area contributed by atoms with Crippen molar-refractivity contribution in [3.05, 3.63) is 53.1 Å². The summed E-state index contributed by atoms with van der Waals surface area (Å²) in [5.41, 5.74) is 5.35. The minimum Gasteiger partial charge on any atom is -0.354 e. The topological polar surface area (TPSA) is 64.8 Å². The van der Waals surface area contributed by atoms with Crippen LogP contribution in [-0.4, -0.2) is 32.3 Å². The molecular formula is C21H24N4O. The number of benzene rings is 1. The van der Waals surface area contributed by atoms with Crippen LogP contribution in [0.3, 0.4) is 0 Å². The van der Waals surface area contributed by atoms with Crippen molar-refractivity contribution in [1.29, 1.82) is 0 Å². The first-order chi connectivity index (χ1) is 12.8. The van der Waals surface area contributed by atoms with Crippen molar-refractivity contribution in [1.82, 2.24) is 19.9 Å². The molecule has 134 valence electrons. The van der Waals surface area contributed by atoms with Crippen LogP contribution in [0, 0.1) is 0 Å². The fourth-order valence-corrected chi connectivity index (χ4v) is 4.46. The molecule has 1 atom stereocenters. The molecule has 2 aromatic heterocycles. The van der Waals surface area contributed by atoms with Crippen LogP contribution < -0.4 is 0 Å². The zero-order chi connectivity index (χ0) is 17.5. The van der Waals surface area contributed by atoms with Crippen molar-refractivity contribution < 1.29 is 4.79 Å². The highest BCUT2D eigenvalue weighted by Gasteiger charge is 2.32. The van der Waals surface area contributed by atoms with E-state index >= 15 is 0 Å². The van der Waals surface area contributed by atoms with Gasteiger partial charge in [0.05, 0.1) is 17.1 Å². The first-order valence-corrected chi connectivity index (χ1v) is 9.76. The SMILES string of the molecule is O=C(c1cc2c([nH]1)CCCC2)N1CCCCC1c1nc2ccccc2[nH]1. The van der Waals surface area contributed by atoms with E-state index in [4.69, 9.17) is 4.98 Å². The first-order valence-electron chi connectivity index (χ1n) is 9.76. The molecule has 1 fully saturated rings. The van der Waals surface area contributed by atoms with Crippen LogP contribution in [0.4, 0.5) is 0 Å². The lowest BCUT2D eigenvalue weighted by atomic mass is 9.98. The number of H-pyrrole nitrogens is 2. The summed E-state index contributed by atoms with van der Waals surface area (Å²) < 4.78 is 0. The number of hydrogen-bond acceptors (Lipinski definition) is 2. The number of nitrogens with one attached hydrogen (secondary N) is 2. The molecular weight excluding hydrogens is 324 g/mol. The van der Waals surface area contributed by atoms with Crippen molar-refractivity contribution in [2.75, 3.05) is 6.54 Å². The van der Waals surface area contributed by atoms with Crippen LogP contribution in [0.25, 0.3) is 11.0 Å². The van der Waals surface area contributed by atoms with Gasteiger partial charge in [-0.25, -0.2) is 4.98 Å². The first kappa shape index (κ1) is 15.7. The Morgan fingerprint density at radius 3 is 2.85 bits per heavy atom. The second-order valence-corrected chi connectivity index (χ2v) is 7.54. The summed E-state index contributed by atoms with van der Waals surface area (Å²) in [5, 5.41) is 0. The lowest BCUT2D eigenvalue weighted by Crippen LogP contribution is -2.39. The molecule has 5 heteroatoms. The van der Waals surface area contributed by atoms with Crippen molar-refractivity contribution in [3.63, 3.8) is 0 Å². The van der Waals surface area contributed by atoms with Crippen molar-refractivity contribution in [2.24, 2.45) is 0 Å². The van der Waals surface area contributed by atoms with Crippen molar-refractivity contribution >= 4 is 16.9 Å². The molecule has 0 spiro atoms. The summed E-state index contributed by atoms with van der Waals surface area (Å²) in [5.74, 6) is 1.03. The minimum absolute atomic E-state index is 0.0315. The number of aryl methyl sites for hydroxylation is 2. The number of hydrogen-bond donors (Lipinski definition) is 2. The molecule has 5 rings (SSSR count). The zero-order valence-corrected chi connectivity index (χ0v) is 14.9. The third-order valence-electron chi connectivity index (χ3n) is 5.83. The number of fused-ring (bicyclic) bond motifs is 2. The molecule has 1 aliphatic heterocycles. The fraction of sp³-hybridized carbons (Fsp3) is 0.429. The molecule has 3 heterocycles. The number of carbonyl (C=O) groups excluding carboxylic acids is 1. The van der Waals surface area contributed by atoms with Gasteiger partial charge in [-0.05, 0) is 68.7 Å². The Bertz CT molecular complexity index is 897. The molecule has 0 saturated carbocycles. The van der Waals surface area contributed by atoms with Gasteiger partial charge in [0.15, 0.2) is 0 Å². The van der Waals surface area contributed by atoms with E-state index < -0.39 is 0 Å². The zero-order valence-electron chi connectivity index (χ0n) is 14.9. The van der Waals surface area contributed by atoms with Crippen LogP contribution in [0.1, 0.15) is 65.7 Å². The van der Waals surface area contributed by atoms with E-state index in [1.54, 1.807) is 0 Å². The van der Waals surface area contributed by atoms with E-state index in [9.17, 15) is 4.79 Å². The Kier molecular flexibility index (Phi) is 3.80. The highest BCUT2D eigenvalue weighted by Crippen LogP contribution is 2.32. The number of nitrogens with zero attached hydrogens (tertiary/aromatic N) is 2. The normalized spacial score (nSPS) is 20.3. The van der Waals surface area contributed by atoms with Gasteiger partial charge in [-0.15, -0.1) is 0 Å². The lowest BCUT2D eigenvalue weighted by Gasteiger charge is -2.34. The number of amides is 1. The van der Waals surface area contributed by atoms with E-state index in [0.29, 0.717) is 0 Å². The molecule has 26 heavy (non-hydrogen) atoms. The van der Waals surface area contributed by atoms with Gasteiger partial charge in [0.1, 0.15) is 11.5 Å². The monoisotopic (exact) mass is 348 g/mol. The third-order valence-corrected chi connectivity index (χ3v) is 5.83. The van der Waals surface area contributed by atoms with Gasteiger partial charge in [-0.2, -0.15) is 0 Å². The van der Waals surface area contributed by atoms with Gasteiger partial charge in [-0.1, -0.05) is 12.1 Å². The van der Waals surface area contributed by atoms with Gasteiger partial charge >= 0.3 is 0 Å². The Balaban J connectivity index is 1.47. The number of piperidine rings is 1. The van der Waals surface area contributed by atoms with Crippen LogP contribution in [0.2, 0.25) is 0 Å². The fourth-order valence-electron chi connectivity index (χ4n) is 4.46. The maximum Gasteiger partial charge on any atom is 0.270 e. The Morgan fingerprint density at radius 2 is 1.96 bits per heavy atom. The Hall–Kier alpha value is -2.56. The van der Waals surface area contributed by atoms with E-state index in [0.717, 1.165) is 61.2 Å². The smallest absolute Gasteiger partial charge is 0.270 e. The summed E-state index contributed by atoms with van der Waals surface area (Å²) in [6.45, 7) is 0.796. The molecule has 5 nitrogen and oxygen atoms in total. The van der Waals surface area contributed by atoms with Crippen LogP contribution in [0.15, 0.2) is 30.3 Å². The van der Waals surface area contributed by atoms with Crippen molar-refractivity contribution in [2.45, 2.75) is 51.0 Å². The molecule has 3 aromatic rings. The number of aromatic nitrogens is 3. The maximum absolute atomic E-state index is 13.3. The largest absolute Gasteiger partial charge is 0.354 e. The molecule has 1 aromatic carbocycles. The molecule has 1 aliphatic carbocycles. The predicted octanol–water partition coefficient (Wildman–Crippen LogP) is 4.14. The van der Waals surface area contributed by atoms with Gasteiger partial charge < -0.3 is 14.9 Å². The highest BCUT2D eigenvalue weighted by molar-refractivity contribution is 5.93. The number of carbonyl (C=O) groups is 1. The van der Waals surface area contributed by atoms with E-state index in [1.807, 2.05) is 29.2 Å². The molecule has 1 unspecified atom stereocenters. The Morgan fingerprint density at radius 1 is 1.08 bits per heavy atom. The van der Waals surface area contributed by atoms with Gasteiger partial charge in [-0.3, -0.25) is 4.79 Å². The molecule has 2 N–H and O–H groups in total. The average molecular weight is 348 g/mol. The average Bonchev–Trinajstić information content (AvgIpc) is 3.31. The number of aromatic amines is 2. The van der Waals surface area contributed by atoms with Crippen LogP contribution in [0.5, 0.6) is 0 Å². The summed E-state index contributed by atoms with van der Waals surface area (Å²) in [4.78, 5) is 26.9. The second kappa shape index (κ2) is 6.31. The van der Waals surface area contributed by atoms with Gasteiger partial charge in [0, 0.05) is 12.2 Å². The molecule has 2 aliphatic rings. The molecule has 1 amide bonds. The minimum atomic E-state index is 0.0315. The summed E-state index contributed by atoms with van der Waals surface area (Å²) >= 11 is 0. The van der Waals surface area contributed by atoms with Crippen molar-refractivity contribution in [3.8, 4) is 0 Å². The number of likely N-dealkylation sites (tertiary alicyclic amines) is 1. The van der Waals surface area contributed by atoms with Gasteiger partial charge in [0.25, 0.3) is 5.91 Å². The molecule has 0 radical (unpaired) electrons. The predicted molar refractivity (Wildman–Crippen MR) is 101 cm³/mol. The lowest BCUT2D eigenvalue weighted by molar-refractivity contribution is 0.0596. The number of rotatable bonds is 2. The number of para-hydroxylation sites is 2. The van der Waals surface area contributed by atoms with E-state index in [2.05, 4.69) is 16.0 Å². The van der Waals surface area contributed by atoms with E-state index in [1.165, 1.54) is 24.1 Å². The van der Waals surface area contributed by atoms with E-state index in [-0.39, 0.29) is 11.9 Å². The summed E-state index contributed by atoms with van der Waals surface area (Å²) in [6.07, 6.45) is 7.75. The Labute approximate surface area is 152 Å². The summed E-state index contributed by atoms with van der Waals surface area (Å²) in [6, 6.07) is 10.2. The van der Waals surface area contributed by atoms with Gasteiger partial charge in [0.2, 0.25) is 0 Å². The maximum atomic E-state index is 13.3. The number of imidazole rings is 1. The second-order valence-electron chi connectivity index (χ2n) is 7.54. The standard InChI is InChI=1S/C21H24N4O/c26-21(18-13-14-7-1-2-8-15(14)22-18)25-12-6-5-11-19(25)20-23-16-9-3-4-10-17(16)24-20/h3-4,9-10,13,19,22H,1-2,5-8,11-12H2,(H,23,24). The molecule has 0 bridgehead atoms. The van der Waals surface area contributed by atoms with Crippen LogP contribution >= 0.6 is 0 Å².